The first-order valence-corrected chi connectivity index (χ1v) is 24.1. The Labute approximate surface area is 353 Å². The molecule has 4 aliphatic heterocycles. The molecule has 4 aliphatic carbocycles. The quantitative estimate of drug-likeness (QED) is 0.269. The Morgan fingerprint density at radius 2 is 1.16 bits per heavy atom. The zero-order chi connectivity index (χ0) is 40.8. The van der Waals surface area contributed by atoms with Crippen LogP contribution in [-0.4, -0.2) is 66.4 Å². The number of anilines is 2. The Kier molecular flexibility index (Phi) is 9.59. The standard InChI is InChI=1S/C52H77BN2O3/c1-49(2,3)30-17-20-34(21-18-30)54-39-27-31(50(4,5)6)19-22-37(39)53-45-35(25-32(28-40(45)54)51(7,8)9)36-26-33(52(10,11)12)29-44-46(36)55(53)38-23-24-43-48(47(38)58-44)57-42-16-14-13-15-41(42)56-43/h17-22,27,32-33,35-36,38,40-48H,13-16,23-26,28-29H2,1-12H3. The molecule has 6 heteroatoms. The minimum Gasteiger partial charge on any atom is -0.369 e. The minimum absolute atomic E-state index is 0.0295. The van der Waals surface area contributed by atoms with Crippen LogP contribution in [0.1, 0.15) is 158 Å². The summed E-state index contributed by atoms with van der Waals surface area (Å²) in [6, 6.07) is 18.8. The van der Waals surface area contributed by atoms with Crippen molar-refractivity contribution in [2.45, 2.75) is 219 Å². The number of morpholine rings is 1. The molecule has 3 saturated heterocycles. The van der Waals surface area contributed by atoms with Crippen molar-refractivity contribution in [1.29, 1.82) is 0 Å². The van der Waals surface area contributed by atoms with Gasteiger partial charge in [-0.05, 0) is 137 Å². The fraction of sp³-hybridized carbons (Fsp3) is 0.769. The van der Waals surface area contributed by atoms with Crippen LogP contribution in [0.5, 0.6) is 0 Å². The van der Waals surface area contributed by atoms with E-state index in [0.717, 1.165) is 32.1 Å². The number of benzene rings is 2. The molecule has 0 bridgehead atoms. The summed E-state index contributed by atoms with van der Waals surface area (Å²) >= 11 is 0. The molecule has 4 saturated carbocycles. The summed E-state index contributed by atoms with van der Waals surface area (Å²) in [6.07, 6.45) is 13.1. The van der Waals surface area contributed by atoms with Gasteiger partial charge in [-0.15, -0.1) is 0 Å². The molecule has 5 nitrogen and oxygen atoms in total. The van der Waals surface area contributed by atoms with Crippen molar-refractivity contribution in [3.63, 3.8) is 0 Å². The van der Waals surface area contributed by atoms with E-state index in [9.17, 15) is 0 Å². The molecule has 0 aromatic heterocycles. The Balaban J connectivity index is 1.16. The molecule has 7 fully saturated rings. The van der Waals surface area contributed by atoms with Crippen molar-refractivity contribution >= 4 is 23.7 Å². The minimum atomic E-state index is 0.0295. The van der Waals surface area contributed by atoms with Gasteiger partial charge in [-0.1, -0.05) is 120 Å². The normalized spacial score (nSPS) is 40.1. The van der Waals surface area contributed by atoms with E-state index in [4.69, 9.17) is 14.2 Å². The second-order valence-electron chi connectivity index (χ2n) is 25.0. The Morgan fingerprint density at radius 1 is 0.552 bits per heavy atom. The van der Waals surface area contributed by atoms with Crippen molar-refractivity contribution < 1.29 is 14.2 Å². The lowest BCUT2D eigenvalue weighted by atomic mass is 9.30. The lowest BCUT2D eigenvalue weighted by molar-refractivity contribution is -0.302. The molecular formula is C52H77BN2O3. The van der Waals surface area contributed by atoms with Gasteiger partial charge in [-0.3, -0.25) is 0 Å². The molecule has 2 aromatic carbocycles. The van der Waals surface area contributed by atoms with E-state index in [0.29, 0.717) is 54.5 Å². The summed E-state index contributed by atoms with van der Waals surface area (Å²) in [4.78, 5) is 6.09. The van der Waals surface area contributed by atoms with Crippen LogP contribution >= 0.6 is 0 Å². The van der Waals surface area contributed by atoms with E-state index in [-0.39, 0.29) is 58.3 Å². The first kappa shape index (κ1) is 40.2. The summed E-state index contributed by atoms with van der Waals surface area (Å²) in [5.74, 6) is 3.13. The van der Waals surface area contributed by atoms with E-state index in [1.54, 1.807) is 5.46 Å². The topological polar surface area (TPSA) is 34.2 Å². The van der Waals surface area contributed by atoms with Crippen molar-refractivity contribution in [1.82, 2.24) is 4.81 Å². The lowest BCUT2D eigenvalue weighted by Crippen LogP contribution is -2.81. The summed E-state index contributed by atoms with van der Waals surface area (Å²) in [5, 5.41) is 0. The van der Waals surface area contributed by atoms with Gasteiger partial charge in [0.25, 0.3) is 6.85 Å². The largest absolute Gasteiger partial charge is 0.369 e. The van der Waals surface area contributed by atoms with Crippen molar-refractivity contribution in [3.8, 4) is 0 Å². The third-order valence-electron chi connectivity index (χ3n) is 17.6. The van der Waals surface area contributed by atoms with Crippen molar-refractivity contribution in [3.05, 3.63) is 53.6 Å². The highest BCUT2D eigenvalue weighted by Gasteiger charge is 2.68. The van der Waals surface area contributed by atoms with Gasteiger partial charge in [0.2, 0.25) is 0 Å². The van der Waals surface area contributed by atoms with Gasteiger partial charge in [-0.2, -0.15) is 0 Å². The monoisotopic (exact) mass is 789 g/mol. The number of hydrogen-bond donors (Lipinski definition) is 0. The van der Waals surface area contributed by atoms with Gasteiger partial charge in [0.05, 0.1) is 24.4 Å². The maximum Gasteiger partial charge on any atom is 0.266 e. The predicted molar refractivity (Wildman–Crippen MR) is 240 cm³/mol. The maximum absolute atomic E-state index is 7.74. The van der Waals surface area contributed by atoms with Crippen LogP contribution in [-0.2, 0) is 25.0 Å². The molecule has 0 spiro atoms. The van der Waals surface area contributed by atoms with Crippen molar-refractivity contribution in [2.75, 3.05) is 4.90 Å². The number of fused-ring (bicyclic) bond motifs is 9. The highest BCUT2D eigenvalue weighted by Crippen LogP contribution is 2.63. The predicted octanol–water partition coefficient (Wildman–Crippen LogP) is 11.2. The van der Waals surface area contributed by atoms with Crippen molar-refractivity contribution in [2.24, 2.45) is 34.5 Å². The molecular weight excluding hydrogens is 711 g/mol. The molecule has 14 unspecified atom stereocenters. The van der Waals surface area contributed by atoms with Crippen LogP contribution in [0.2, 0.25) is 5.82 Å². The zero-order valence-corrected chi connectivity index (χ0v) is 38.4. The Hall–Kier alpha value is -1.86. The van der Waals surface area contributed by atoms with Crippen LogP contribution < -0.4 is 10.4 Å². The summed E-state index contributed by atoms with van der Waals surface area (Å²) in [7, 11) is 0. The molecule has 8 aliphatic rings. The Bertz CT molecular complexity index is 1850. The summed E-state index contributed by atoms with van der Waals surface area (Å²) in [5.41, 5.74) is 7.92. The fourth-order valence-electron chi connectivity index (χ4n) is 14.3. The van der Waals surface area contributed by atoms with Gasteiger partial charge in [-0.25, -0.2) is 0 Å². The second kappa shape index (κ2) is 13.8. The number of ether oxygens (including phenoxy) is 3. The van der Waals surface area contributed by atoms with Crippen LogP contribution in [0.4, 0.5) is 11.4 Å². The van der Waals surface area contributed by atoms with Gasteiger partial charge in [0.1, 0.15) is 12.2 Å². The average Bonchev–Trinajstić information content (AvgIpc) is 3.16. The summed E-state index contributed by atoms with van der Waals surface area (Å²) < 4.78 is 22.1. The van der Waals surface area contributed by atoms with Gasteiger partial charge >= 0.3 is 0 Å². The van der Waals surface area contributed by atoms with E-state index >= 15 is 0 Å². The lowest BCUT2D eigenvalue weighted by Gasteiger charge is -2.70. The van der Waals surface area contributed by atoms with Gasteiger partial charge in [0.15, 0.2) is 0 Å². The molecule has 0 amide bonds. The molecule has 316 valence electrons. The average molecular weight is 789 g/mol. The SMILES string of the molecule is CC(C)(C)c1ccc(N2c3cc(C(C)(C)C)ccc3B3C4C(CC(C(C)(C)C)CC42)C2CC(C(C)(C)C)CC4OC5C6OC7CCCCC7OC6CCC5N3C42)cc1. The first-order chi connectivity index (χ1) is 27.3. The smallest absolute Gasteiger partial charge is 0.266 e. The molecule has 58 heavy (non-hydrogen) atoms. The zero-order valence-electron chi connectivity index (χ0n) is 38.4. The fourth-order valence-corrected chi connectivity index (χ4v) is 14.3. The molecule has 14 atom stereocenters. The van der Waals surface area contributed by atoms with Gasteiger partial charge in [0, 0.05) is 29.5 Å². The van der Waals surface area contributed by atoms with E-state index < -0.39 is 0 Å². The molecule has 0 N–H and O–H groups in total. The number of hydrogen-bond acceptors (Lipinski definition) is 5. The number of nitrogens with zero attached hydrogens (tertiary/aromatic N) is 2. The maximum atomic E-state index is 7.74. The third-order valence-corrected chi connectivity index (χ3v) is 17.6. The third kappa shape index (κ3) is 6.52. The van der Waals surface area contributed by atoms with Crippen LogP contribution in [0.25, 0.3) is 0 Å². The molecule has 4 heterocycles. The van der Waals surface area contributed by atoms with Crippen LogP contribution in [0.15, 0.2) is 42.5 Å². The van der Waals surface area contributed by atoms with E-state index in [2.05, 4.69) is 135 Å². The second-order valence-corrected chi connectivity index (χ2v) is 25.0. The highest BCUT2D eigenvalue weighted by molar-refractivity contribution is 6.75. The van der Waals surface area contributed by atoms with E-state index in [1.807, 2.05) is 0 Å². The molecule has 10 rings (SSSR count). The van der Waals surface area contributed by atoms with E-state index in [1.165, 1.54) is 54.6 Å². The molecule has 0 radical (unpaired) electrons. The number of rotatable bonds is 1. The first-order valence-electron chi connectivity index (χ1n) is 24.1. The van der Waals surface area contributed by atoms with Crippen LogP contribution in [0, 0.1) is 34.5 Å². The highest BCUT2D eigenvalue weighted by atomic mass is 16.6. The summed E-state index contributed by atoms with van der Waals surface area (Å²) in [6.45, 7) is 29.8. The Morgan fingerprint density at radius 3 is 1.81 bits per heavy atom. The van der Waals surface area contributed by atoms with Crippen LogP contribution in [0.3, 0.4) is 0 Å². The molecule has 2 aromatic rings. The van der Waals surface area contributed by atoms with Gasteiger partial charge < -0.3 is 23.9 Å².